The molecule has 24 heavy (non-hydrogen) atoms. The van der Waals surface area contributed by atoms with E-state index < -0.39 is 6.04 Å². The highest BCUT2D eigenvalue weighted by atomic mass is 32.2. The number of amides is 2. The number of nitrogens with one attached hydrogen (secondary N) is 1. The molecule has 3 N–H and O–H groups in total. The summed E-state index contributed by atoms with van der Waals surface area (Å²) in [4.78, 5) is 27.1. The SMILES string of the molecule is CC(C)[C@H](N)C(=O)NCC(=O)N1CCC(CSc2ccccc2)C1. The van der Waals surface area contributed by atoms with Gasteiger partial charge in [-0.3, -0.25) is 9.59 Å². The Kier molecular flexibility index (Phi) is 7.12. The second kappa shape index (κ2) is 9.08. The molecule has 1 aromatic rings. The highest BCUT2D eigenvalue weighted by Crippen LogP contribution is 2.25. The first-order valence-electron chi connectivity index (χ1n) is 8.46. The van der Waals surface area contributed by atoms with Crippen molar-refractivity contribution in [1.82, 2.24) is 10.2 Å². The molecule has 1 heterocycles. The number of carbonyl (C=O) groups is 2. The van der Waals surface area contributed by atoms with E-state index in [2.05, 4.69) is 17.4 Å². The van der Waals surface area contributed by atoms with Crippen molar-refractivity contribution < 1.29 is 9.59 Å². The van der Waals surface area contributed by atoms with Crippen LogP contribution in [0.25, 0.3) is 0 Å². The molecule has 0 radical (unpaired) electrons. The van der Waals surface area contributed by atoms with Gasteiger partial charge in [-0.05, 0) is 30.4 Å². The van der Waals surface area contributed by atoms with Crippen molar-refractivity contribution in [3.05, 3.63) is 30.3 Å². The number of nitrogens with zero attached hydrogens (tertiary/aromatic N) is 1. The van der Waals surface area contributed by atoms with Crippen LogP contribution in [-0.2, 0) is 9.59 Å². The molecule has 0 saturated carbocycles. The summed E-state index contributed by atoms with van der Waals surface area (Å²) in [7, 11) is 0. The Morgan fingerprint density at radius 1 is 1.33 bits per heavy atom. The second-order valence-corrected chi connectivity index (χ2v) is 7.70. The zero-order chi connectivity index (χ0) is 17.5. The van der Waals surface area contributed by atoms with Gasteiger partial charge in [0, 0.05) is 23.7 Å². The monoisotopic (exact) mass is 349 g/mol. The lowest BCUT2D eigenvalue weighted by molar-refractivity contribution is -0.132. The Morgan fingerprint density at radius 3 is 2.71 bits per heavy atom. The van der Waals surface area contributed by atoms with Gasteiger partial charge in [-0.25, -0.2) is 0 Å². The summed E-state index contributed by atoms with van der Waals surface area (Å²) in [5.41, 5.74) is 5.78. The van der Waals surface area contributed by atoms with E-state index in [1.54, 1.807) is 0 Å². The van der Waals surface area contributed by atoms with E-state index in [1.165, 1.54) is 4.90 Å². The number of hydrogen-bond acceptors (Lipinski definition) is 4. The molecule has 0 aromatic heterocycles. The minimum absolute atomic E-state index is 0.0217. The molecule has 1 fully saturated rings. The maximum absolute atomic E-state index is 12.2. The fourth-order valence-corrected chi connectivity index (χ4v) is 3.67. The van der Waals surface area contributed by atoms with Gasteiger partial charge in [-0.2, -0.15) is 0 Å². The first-order chi connectivity index (χ1) is 11.5. The zero-order valence-electron chi connectivity index (χ0n) is 14.4. The molecule has 0 aliphatic carbocycles. The molecule has 2 amide bonds. The van der Waals surface area contributed by atoms with E-state index in [9.17, 15) is 9.59 Å². The van der Waals surface area contributed by atoms with Crippen LogP contribution >= 0.6 is 11.8 Å². The maximum Gasteiger partial charge on any atom is 0.241 e. The smallest absolute Gasteiger partial charge is 0.241 e. The largest absolute Gasteiger partial charge is 0.346 e. The van der Waals surface area contributed by atoms with Gasteiger partial charge < -0.3 is 16.0 Å². The first kappa shape index (κ1) is 18.8. The topological polar surface area (TPSA) is 75.4 Å². The molecular formula is C18H27N3O2S. The maximum atomic E-state index is 12.2. The Hall–Kier alpha value is -1.53. The molecule has 0 spiro atoms. The lowest BCUT2D eigenvalue weighted by atomic mass is 10.1. The van der Waals surface area contributed by atoms with Crippen LogP contribution in [0.15, 0.2) is 35.2 Å². The van der Waals surface area contributed by atoms with E-state index in [-0.39, 0.29) is 24.3 Å². The number of nitrogens with two attached hydrogens (primary N) is 1. The minimum Gasteiger partial charge on any atom is -0.346 e. The van der Waals surface area contributed by atoms with Crippen LogP contribution in [-0.4, -0.2) is 48.1 Å². The van der Waals surface area contributed by atoms with Crippen LogP contribution in [0.5, 0.6) is 0 Å². The van der Waals surface area contributed by atoms with E-state index in [4.69, 9.17) is 5.73 Å². The fourth-order valence-electron chi connectivity index (χ4n) is 2.62. The van der Waals surface area contributed by atoms with Gasteiger partial charge >= 0.3 is 0 Å². The van der Waals surface area contributed by atoms with Gasteiger partial charge in [0.15, 0.2) is 0 Å². The van der Waals surface area contributed by atoms with Gasteiger partial charge in [0.25, 0.3) is 0 Å². The number of thioether (sulfide) groups is 1. The number of hydrogen-bond donors (Lipinski definition) is 2. The number of benzene rings is 1. The standard InChI is InChI=1S/C18H27N3O2S/c1-13(2)17(19)18(23)20-10-16(22)21-9-8-14(11-21)12-24-15-6-4-3-5-7-15/h3-7,13-14,17H,8-12,19H2,1-2H3,(H,20,23)/t14?,17-/m0/s1. The number of rotatable bonds is 7. The normalized spacial score (nSPS) is 18.7. The molecule has 1 saturated heterocycles. The molecular weight excluding hydrogens is 322 g/mol. The van der Waals surface area contributed by atoms with Crippen molar-refractivity contribution in [1.29, 1.82) is 0 Å². The number of carbonyl (C=O) groups excluding carboxylic acids is 2. The van der Waals surface area contributed by atoms with Gasteiger partial charge in [-0.1, -0.05) is 32.0 Å². The van der Waals surface area contributed by atoms with Crippen LogP contribution in [0.1, 0.15) is 20.3 Å². The van der Waals surface area contributed by atoms with Crippen molar-refractivity contribution in [2.75, 3.05) is 25.4 Å². The Bertz CT molecular complexity index is 550. The first-order valence-corrected chi connectivity index (χ1v) is 9.45. The summed E-state index contributed by atoms with van der Waals surface area (Å²) in [6, 6.07) is 9.74. The summed E-state index contributed by atoms with van der Waals surface area (Å²) in [6.07, 6.45) is 1.02. The molecule has 1 unspecified atom stereocenters. The third kappa shape index (κ3) is 5.53. The predicted octanol–water partition coefficient (Wildman–Crippen LogP) is 1.73. The average Bonchev–Trinajstić information content (AvgIpc) is 3.06. The summed E-state index contributed by atoms with van der Waals surface area (Å²) >= 11 is 1.83. The summed E-state index contributed by atoms with van der Waals surface area (Å²) < 4.78 is 0. The Labute approximate surface area is 148 Å². The van der Waals surface area contributed by atoms with Gasteiger partial charge in [-0.15, -0.1) is 11.8 Å². The molecule has 2 atom stereocenters. The summed E-state index contributed by atoms with van der Waals surface area (Å²) in [5.74, 6) is 1.30. The number of likely N-dealkylation sites (tertiary alicyclic amines) is 1. The van der Waals surface area contributed by atoms with Gasteiger partial charge in [0.1, 0.15) is 0 Å². The van der Waals surface area contributed by atoms with Gasteiger partial charge in [0.05, 0.1) is 12.6 Å². The van der Waals surface area contributed by atoms with Crippen LogP contribution < -0.4 is 11.1 Å². The summed E-state index contributed by atoms with van der Waals surface area (Å²) in [6.45, 7) is 5.36. The van der Waals surface area contributed by atoms with Crippen LogP contribution in [0.3, 0.4) is 0 Å². The van der Waals surface area contributed by atoms with Crippen molar-refractivity contribution >= 4 is 23.6 Å². The second-order valence-electron chi connectivity index (χ2n) is 6.61. The van der Waals surface area contributed by atoms with Crippen molar-refractivity contribution in [3.8, 4) is 0 Å². The van der Waals surface area contributed by atoms with E-state index >= 15 is 0 Å². The molecule has 2 rings (SSSR count). The van der Waals surface area contributed by atoms with Crippen molar-refractivity contribution in [2.24, 2.45) is 17.6 Å². The zero-order valence-corrected chi connectivity index (χ0v) is 15.2. The van der Waals surface area contributed by atoms with E-state index in [0.717, 1.165) is 25.3 Å². The van der Waals surface area contributed by atoms with Crippen LogP contribution in [0, 0.1) is 11.8 Å². The quantitative estimate of drug-likeness (QED) is 0.735. The lowest BCUT2D eigenvalue weighted by Crippen LogP contribution is -2.47. The third-order valence-corrected chi connectivity index (χ3v) is 5.55. The molecule has 6 heteroatoms. The molecule has 0 bridgehead atoms. The molecule has 1 aromatic carbocycles. The van der Waals surface area contributed by atoms with E-state index in [0.29, 0.717) is 5.92 Å². The van der Waals surface area contributed by atoms with Crippen molar-refractivity contribution in [3.63, 3.8) is 0 Å². The third-order valence-electron chi connectivity index (χ3n) is 4.30. The highest BCUT2D eigenvalue weighted by Gasteiger charge is 2.27. The molecule has 1 aliphatic rings. The van der Waals surface area contributed by atoms with Gasteiger partial charge in [0.2, 0.25) is 11.8 Å². The molecule has 5 nitrogen and oxygen atoms in total. The lowest BCUT2D eigenvalue weighted by Gasteiger charge is -2.19. The average molecular weight is 350 g/mol. The molecule has 132 valence electrons. The minimum atomic E-state index is -0.564. The molecule has 1 aliphatic heterocycles. The van der Waals surface area contributed by atoms with Crippen LogP contribution in [0.4, 0.5) is 0 Å². The highest BCUT2D eigenvalue weighted by molar-refractivity contribution is 7.99. The van der Waals surface area contributed by atoms with Crippen LogP contribution in [0.2, 0.25) is 0 Å². The Morgan fingerprint density at radius 2 is 2.04 bits per heavy atom. The fraction of sp³-hybridized carbons (Fsp3) is 0.556. The Balaban J connectivity index is 1.70. The van der Waals surface area contributed by atoms with Crippen molar-refractivity contribution in [2.45, 2.75) is 31.2 Å². The summed E-state index contributed by atoms with van der Waals surface area (Å²) in [5, 5.41) is 2.65. The predicted molar refractivity (Wildman–Crippen MR) is 97.7 cm³/mol. The van der Waals surface area contributed by atoms with E-state index in [1.807, 2.05) is 48.7 Å².